The highest BCUT2D eigenvalue weighted by Crippen LogP contribution is 2.37. The number of carbonyl (C=O) groups is 1. The molecule has 1 fully saturated rings. The van der Waals surface area contributed by atoms with Gasteiger partial charge >= 0.3 is 0 Å². The topological polar surface area (TPSA) is 42.0 Å². The lowest BCUT2D eigenvalue weighted by atomic mass is 10.1. The van der Waals surface area contributed by atoms with Gasteiger partial charge in [-0.2, -0.15) is 0 Å². The molecule has 0 saturated heterocycles. The molecule has 92 valence electrons. The summed E-state index contributed by atoms with van der Waals surface area (Å²) in [7, 11) is 0. The van der Waals surface area contributed by atoms with E-state index >= 15 is 0 Å². The molecule has 2 aromatic rings. The maximum atomic E-state index is 12.3. The zero-order chi connectivity index (χ0) is 12.6. The van der Waals surface area contributed by atoms with Crippen LogP contribution >= 0.6 is 15.9 Å². The minimum Gasteiger partial charge on any atom is -0.344 e. The van der Waals surface area contributed by atoms with E-state index in [1.54, 1.807) is 6.20 Å². The maximum absolute atomic E-state index is 12.3. The van der Waals surface area contributed by atoms with Crippen LogP contribution in [0, 0.1) is 0 Å². The Morgan fingerprint density at radius 2 is 2.11 bits per heavy atom. The number of halogens is 1. The van der Waals surface area contributed by atoms with Crippen molar-refractivity contribution in [3.8, 4) is 0 Å². The Bertz CT molecular complexity index is 602. The van der Waals surface area contributed by atoms with E-state index in [0.29, 0.717) is 5.69 Å². The number of hydrogen-bond donors (Lipinski definition) is 1. The number of alkyl halides is 1. The van der Waals surface area contributed by atoms with Crippen LogP contribution in [0.3, 0.4) is 0 Å². The SMILES string of the molecule is O=C(NC1(CBr)CC1)c1nccc2ccccc12. The molecule has 1 aliphatic rings. The van der Waals surface area contributed by atoms with Crippen molar-refractivity contribution in [2.45, 2.75) is 18.4 Å². The summed E-state index contributed by atoms with van der Waals surface area (Å²) in [6.07, 6.45) is 3.76. The number of pyridine rings is 1. The van der Waals surface area contributed by atoms with Crippen LogP contribution in [0.15, 0.2) is 36.5 Å². The standard InChI is InChI=1S/C14H13BrN2O/c15-9-14(6-7-14)17-13(18)12-11-4-2-1-3-10(11)5-8-16-12/h1-5,8H,6-7,9H2,(H,17,18). The maximum Gasteiger partial charge on any atom is 0.270 e. The average molecular weight is 305 g/mol. The summed E-state index contributed by atoms with van der Waals surface area (Å²) >= 11 is 3.45. The molecule has 0 unspecified atom stereocenters. The summed E-state index contributed by atoms with van der Waals surface area (Å²) < 4.78 is 0. The monoisotopic (exact) mass is 304 g/mol. The molecule has 4 heteroatoms. The molecule has 1 amide bonds. The van der Waals surface area contributed by atoms with Crippen LogP contribution in [0.5, 0.6) is 0 Å². The van der Waals surface area contributed by atoms with Crippen LogP contribution in [-0.2, 0) is 0 Å². The number of fused-ring (bicyclic) bond motifs is 1. The number of amides is 1. The molecule has 3 rings (SSSR count). The number of carbonyl (C=O) groups excluding carboxylic acids is 1. The molecular weight excluding hydrogens is 292 g/mol. The minimum atomic E-state index is -0.0799. The zero-order valence-corrected chi connectivity index (χ0v) is 11.4. The number of benzene rings is 1. The second-order valence-corrected chi connectivity index (χ2v) is 5.31. The molecule has 1 N–H and O–H groups in total. The van der Waals surface area contributed by atoms with Gasteiger partial charge in [-0.1, -0.05) is 40.2 Å². The van der Waals surface area contributed by atoms with Gasteiger partial charge in [-0.25, -0.2) is 0 Å². The van der Waals surface area contributed by atoms with Gasteiger partial charge in [0.25, 0.3) is 5.91 Å². The molecule has 1 saturated carbocycles. The van der Waals surface area contributed by atoms with Gasteiger partial charge < -0.3 is 5.32 Å². The van der Waals surface area contributed by atoms with Crippen LogP contribution in [0.25, 0.3) is 10.8 Å². The van der Waals surface area contributed by atoms with E-state index in [9.17, 15) is 4.79 Å². The quantitative estimate of drug-likeness (QED) is 0.886. The molecule has 0 radical (unpaired) electrons. The fourth-order valence-electron chi connectivity index (χ4n) is 2.04. The van der Waals surface area contributed by atoms with Gasteiger partial charge in [-0.15, -0.1) is 0 Å². The number of hydrogen-bond acceptors (Lipinski definition) is 2. The van der Waals surface area contributed by atoms with Gasteiger partial charge in [0, 0.05) is 16.9 Å². The molecule has 0 spiro atoms. The first kappa shape index (κ1) is 11.7. The van der Waals surface area contributed by atoms with Gasteiger partial charge in [0.2, 0.25) is 0 Å². The van der Waals surface area contributed by atoms with Crippen molar-refractivity contribution in [2.24, 2.45) is 0 Å². The largest absolute Gasteiger partial charge is 0.344 e. The third-order valence-electron chi connectivity index (χ3n) is 3.38. The second-order valence-electron chi connectivity index (χ2n) is 4.75. The Hall–Kier alpha value is -1.42. The third-order valence-corrected chi connectivity index (χ3v) is 4.45. The molecular formula is C14H13BrN2O. The smallest absolute Gasteiger partial charge is 0.270 e. The third kappa shape index (κ3) is 2.01. The highest BCUT2D eigenvalue weighted by Gasteiger charge is 2.43. The summed E-state index contributed by atoms with van der Waals surface area (Å²) in [4.78, 5) is 16.5. The predicted molar refractivity (Wildman–Crippen MR) is 75.0 cm³/mol. The zero-order valence-electron chi connectivity index (χ0n) is 9.82. The highest BCUT2D eigenvalue weighted by molar-refractivity contribution is 9.09. The van der Waals surface area contributed by atoms with Crippen LogP contribution in [0.2, 0.25) is 0 Å². The van der Waals surface area contributed by atoms with Gasteiger partial charge in [0.05, 0.1) is 5.54 Å². The lowest BCUT2D eigenvalue weighted by molar-refractivity contribution is 0.0933. The lowest BCUT2D eigenvalue weighted by Gasteiger charge is -2.14. The second kappa shape index (κ2) is 4.35. The first-order valence-corrected chi connectivity index (χ1v) is 7.08. The molecule has 1 aliphatic carbocycles. The van der Waals surface area contributed by atoms with Crippen molar-refractivity contribution in [1.29, 1.82) is 0 Å². The number of aromatic nitrogens is 1. The molecule has 3 nitrogen and oxygen atoms in total. The van der Waals surface area contributed by atoms with E-state index in [4.69, 9.17) is 0 Å². The molecule has 1 aromatic carbocycles. The van der Waals surface area contributed by atoms with Crippen LogP contribution < -0.4 is 5.32 Å². The summed E-state index contributed by atoms with van der Waals surface area (Å²) in [5.41, 5.74) is 0.468. The average Bonchev–Trinajstić information content (AvgIpc) is 3.18. The molecule has 1 aromatic heterocycles. The Morgan fingerprint density at radius 3 is 2.83 bits per heavy atom. The van der Waals surface area contributed by atoms with Crippen molar-refractivity contribution in [2.75, 3.05) is 5.33 Å². The normalized spacial score (nSPS) is 16.5. The summed E-state index contributed by atoms with van der Waals surface area (Å²) in [6, 6.07) is 9.74. The van der Waals surface area contributed by atoms with Crippen molar-refractivity contribution in [1.82, 2.24) is 10.3 Å². The van der Waals surface area contributed by atoms with Crippen molar-refractivity contribution in [3.63, 3.8) is 0 Å². The van der Waals surface area contributed by atoms with Crippen LogP contribution in [0.1, 0.15) is 23.3 Å². The molecule has 0 atom stereocenters. The van der Waals surface area contributed by atoms with Gasteiger partial charge in [0.1, 0.15) is 5.69 Å². The fourth-order valence-corrected chi connectivity index (χ4v) is 2.74. The number of rotatable bonds is 3. The van der Waals surface area contributed by atoms with E-state index < -0.39 is 0 Å². The van der Waals surface area contributed by atoms with E-state index in [-0.39, 0.29) is 11.4 Å². The van der Waals surface area contributed by atoms with Crippen molar-refractivity contribution < 1.29 is 4.79 Å². The van der Waals surface area contributed by atoms with Gasteiger partial charge in [-0.3, -0.25) is 9.78 Å². The minimum absolute atomic E-state index is 0.0459. The van der Waals surface area contributed by atoms with Crippen molar-refractivity contribution in [3.05, 3.63) is 42.2 Å². The lowest BCUT2D eigenvalue weighted by Crippen LogP contribution is -2.38. The number of nitrogens with one attached hydrogen (secondary N) is 1. The van der Waals surface area contributed by atoms with Gasteiger partial charge in [-0.05, 0) is 24.3 Å². The van der Waals surface area contributed by atoms with Gasteiger partial charge in [0.15, 0.2) is 0 Å². The first-order valence-electron chi connectivity index (χ1n) is 5.96. The summed E-state index contributed by atoms with van der Waals surface area (Å²) in [5, 5.41) is 5.83. The van der Waals surface area contributed by atoms with E-state index in [0.717, 1.165) is 28.9 Å². The molecule has 1 heterocycles. The highest BCUT2D eigenvalue weighted by atomic mass is 79.9. The Kier molecular flexibility index (Phi) is 2.82. The Morgan fingerprint density at radius 1 is 1.33 bits per heavy atom. The van der Waals surface area contributed by atoms with Crippen LogP contribution in [-0.4, -0.2) is 21.8 Å². The summed E-state index contributed by atoms with van der Waals surface area (Å²) in [5.74, 6) is -0.0799. The predicted octanol–water partition coefficient (Wildman–Crippen LogP) is 2.89. The Labute approximate surface area is 114 Å². The first-order chi connectivity index (χ1) is 8.74. The van der Waals surface area contributed by atoms with Crippen molar-refractivity contribution >= 4 is 32.6 Å². The molecule has 0 bridgehead atoms. The Balaban J connectivity index is 1.96. The van der Waals surface area contributed by atoms with E-state index in [2.05, 4.69) is 26.2 Å². The molecule has 18 heavy (non-hydrogen) atoms. The molecule has 0 aliphatic heterocycles. The fraction of sp³-hybridized carbons (Fsp3) is 0.286. The van der Waals surface area contributed by atoms with E-state index in [1.807, 2.05) is 30.3 Å². The number of nitrogens with zero attached hydrogens (tertiary/aromatic N) is 1. The van der Waals surface area contributed by atoms with E-state index in [1.165, 1.54) is 0 Å². The van der Waals surface area contributed by atoms with Crippen LogP contribution in [0.4, 0.5) is 0 Å². The summed E-state index contributed by atoms with van der Waals surface area (Å²) in [6.45, 7) is 0.